The van der Waals surface area contributed by atoms with Crippen molar-refractivity contribution in [1.82, 2.24) is 9.80 Å². The molecule has 1 fully saturated rings. The normalized spacial score (nSPS) is 16.6. The molecular weight excluding hydrogens is 304 g/mol. The summed E-state index contributed by atoms with van der Waals surface area (Å²) < 4.78 is 5.38. The lowest BCUT2D eigenvalue weighted by molar-refractivity contribution is 0.0139. The van der Waals surface area contributed by atoms with Gasteiger partial charge in [-0.05, 0) is 44.5 Å². The number of ether oxygens (including phenoxy) is 1. The SMILES string of the molecule is CC(C)(C)OC(=O)N1CCN(Cc2cc(O)cc(Cl)c2)CC1. The number of halogens is 1. The van der Waals surface area contributed by atoms with Gasteiger partial charge in [0.2, 0.25) is 0 Å². The van der Waals surface area contributed by atoms with Crippen molar-refractivity contribution >= 4 is 17.7 Å². The maximum absolute atomic E-state index is 12.0. The van der Waals surface area contributed by atoms with Gasteiger partial charge in [0.05, 0.1) is 0 Å². The average molecular weight is 327 g/mol. The highest BCUT2D eigenvalue weighted by molar-refractivity contribution is 6.30. The maximum Gasteiger partial charge on any atom is 0.410 e. The highest BCUT2D eigenvalue weighted by atomic mass is 35.5. The van der Waals surface area contributed by atoms with Crippen LogP contribution in [0.5, 0.6) is 5.75 Å². The molecule has 0 unspecified atom stereocenters. The molecular formula is C16H23ClN2O3. The molecule has 1 aromatic rings. The Morgan fingerprint density at radius 2 is 1.86 bits per heavy atom. The zero-order valence-corrected chi connectivity index (χ0v) is 14.1. The maximum atomic E-state index is 12.0. The number of carbonyl (C=O) groups excluding carboxylic acids is 1. The predicted molar refractivity (Wildman–Crippen MR) is 86.2 cm³/mol. The van der Waals surface area contributed by atoms with E-state index >= 15 is 0 Å². The summed E-state index contributed by atoms with van der Waals surface area (Å²) in [5, 5.41) is 10.1. The summed E-state index contributed by atoms with van der Waals surface area (Å²) in [5.74, 6) is 0.176. The molecule has 5 nitrogen and oxygen atoms in total. The molecule has 1 aliphatic rings. The van der Waals surface area contributed by atoms with Crippen molar-refractivity contribution in [2.45, 2.75) is 32.9 Å². The van der Waals surface area contributed by atoms with Crippen LogP contribution in [0.15, 0.2) is 18.2 Å². The second kappa shape index (κ2) is 6.75. The minimum Gasteiger partial charge on any atom is -0.508 e. The molecule has 0 spiro atoms. The molecule has 0 saturated carbocycles. The van der Waals surface area contributed by atoms with Crippen molar-refractivity contribution in [3.63, 3.8) is 0 Å². The molecule has 6 heteroatoms. The molecule has 1 N–H and O–H groups in total. The molecule has 1 saturated heterocycles. The molecule has 122 valence electrons. The molecule has 0 atom stereocenters. The van der Waals surface area contributed by atoms with Crippen molar-refractivity contribution in [2.75, 3.05) is 26.2 Å². The van der Waals surface area contributed by atoms with E-state index in [1.54, 1.807) is 11.0 Å². The Hall–Kier alpha value is -1.46. The fourth-order valence-corrected chi connectivity index (χ4v) is 2.65. The van der Waals surface area contributed by atoms with Crippen LogP contribution in [0.4, 0.5) is 4.79 Å². The van der Waals surface area contributed by atoms with Crippen LogP contribution in [-0.4, -0.2) is 52.8 Å². The molecule has 1 amide bonds. The zero-order valence-electron chi connectivity index (χ0n) is 13.3. The van der Waals surface area contributed by atoms with Crippen molar-refractivity contribution in [3.8, 4) is 5.75 Å². The van der Waals surface area contributed by atoms with Gasteiger partial charge in [-0.3, -0.25) is 4.90 Å². The lowest BCUT2D eigenvalue weighted by Crippen LogP contribution is -2.49. The highest BCUT2D eigenvalue weighted by Crippen LogP contribution is 2.21. The van der Waals surface area contributed by atoms with Crippen molar-refractivity contribution in [3.05, 3.63) is 28.8 Å². The molecule has 1 aromatic carbocycles. The minimum atomic E-state index is -0.466. The van der Waals surface area contributed by atoms with Gasteiger partial charge >= 0.3 is 6.09 Å². The number of benzene rings is 1. The first-order chi connectivity index (χ1) is 10.2. The lowest BCUT2D eigenvalue weighted by Gasteiger charge is -2.35. The Labute approximate surface area is 136 Å². The Morgan fingerprint density at radius 3 is 2.41 bits per heavy atom. The van der Waals surface area contributed by atoms with E-state index in [-0.39, 0.29) is 11.8 Å². The van der Waals surface area contributed by atoms with Crippen LogP contribution in [-0.2, 0) is 11.3 Å². The number of phenols is 1. The fraction of sp³-hybridized carbons (Fsp3) is 0.562. The van der Waals surface area contributed by atoms with Gasteiger partial charge in [-0.2, -0.15) is 0 Å². The number of piperazine rings is 1. The van der Waals surface area contributed by atoms with Gasteiger partial charge in [-0.15, -0.1) is 0 Å². The summed E-state index contributed by atoms with van der Waals surface area (Å²) in [5.41, 5.74) is 0.503. The summed E-state index contributed by atoms with van der Waals surface area (Å²) in [7, 11) is 0. The molecule has 1 aliphatic heterocycles. The van der Waals surface area contributed by atoms with E-state index in [0.717, 1.165) is 18.7 Å². The fourth-order valence-electron chi connectivity index (χ4n) is 2.40. The van der Waals surface area contributed by atoms with Crippen LogP contribution in [0.1, 0.15) is 26.3 Å². The number of carbonyl (C=O) groups is 1. The van der Waals surface area contributed by atoms with Crippen LogP contribution < -0.4 is 0 Å². The van der Waals surface area contributed by atoms with Gasteiger partial charge in [0.25, 0.3) is 0 Å². The van der Waals surface area contributed by atoms with E-state index in [0.29, 0.717) is 24.7 Å². The average Bonchev–Trinajstić information content (AvgIpc) is 2.36. The Kier molecular flexibility index (Phi) is 5.19. The molecule has 1 heterocycles. The monoisotopic (exact) mass is 326 g/mol. The first-order valence-corrected chi connectivity index (χ1v) is 7.79. The van der Waals surface area contributed by atoms with E-state index in [9.17, 15) is 9.90 Å². The Bertz CT molecular complexity index is 514. The van der Waals surface area contributed by atoms with Crippen molar-refractivity contribution in [1.29, 1.82) is 0 Å². The molecule has 22 heavy (non-hydrogen) atoms. The van der Waals surface area contributed by atoms with E-state index < -0.39 is 5.60 Å². The number of hydrogen-bond acceptors (Lipinski definition) is 4. The quantitative estimate of drug-likeness (QED) is 0.907. The van der Waals surface area contributed by atoms with Gasteiger partial charge in [0.15, 0.2) is 0 Å². The summed E-state index contributed by atoms with van der Waals surface area (Å²) in [6.07, 6.45) is -0.257. The first kappa shape index (κ1) is 16.9. The van der Waals surface area contributed by atoms with Crippen molar-refractivity contribution in [2.24, 2.45) is 0 Å². The van der Waals surface area contributed by atoms with Gasteiger partial charge in [0.1, 0.15) is 11.4 Å². The van der Waals surface area contributed by atoms with Crippen LogP contribution in [0.25, 0.3) is 0 Å². The third-order valence-corrected chi connectivity index (χ3v) is 3.59. The zero-order chi connectivity index (χ0) is 16.3. The number of amides is 1. The highest BCUT2D eigenvalue weighted by Gasteiger charge is 2.25. The number of aromatic hydroxyl groups is 1. The topological polar surface area (TPSA) is 53.0 Å². The second-order valence-electron chi connectivity index (χ2n) is 6.56. The predicted octanol–water partition coefficient (Wildman–Crippen LogP) is 3.10. The summed E-state index contributed by atoms with van der Waals surface area (Å²) in [4.78, 5) is 16.0. The molecule has 2 rings (SSSR count). The largest absolute Gasteiger partial charge is 0.508 e. The lowest BCUT2D eigenvalue weighted by atomic mass is 10.2. The van der Waals surface area contributed by atoms with Gasteiger partial charge in [-0.1, -0.05) is 11.6 Å². The number of phenolic OH excluding ortho intramolecular Hbond substituents is 1. The smallest absolute Gasteiger partial charge is 0.410 e. The second-order valence-corrected chi connectivity index (χ2v) is 7.00. The Balaban J connectivity index is 1.86. The van der Waals surface area contributed by atoms with E-state index in [1.165, 1.54) is 6.07 Å². The van der Waals surface area contributed by atoms with Crippen LogP contribution in [0, 0.1) is 0 Å². The summed E-state index contributed by atoms with van der Waals surface area (Å²) in [6, 6.07) is 5.08. The molecule has 0 radical (unpaired) electrons. The first-order valence-electron chi connectivity index (χ1n) is 7.42. The van der Waals surface area contributed by atoms with Gasteiger partial charge in [-0.25, -0.2) is 4.79 Å². The summed E-state index contributed by atoms with van der Waals surface area (Å²) in [6.45, 7) is 9.13. The van der Waals surface area contributed by atoms with Crippen LogP contribution in [0.3, 0.4) is 0 Å². The minimum absolute atomic E-state index is 0.176. The van der Waals surface area contributed by atoms with Gasteiger partial charge < -0.3 is 14.7 Å². The van der Waals surface area contributed by atoms with E-state index in [2.05, 4.69) is 4.90 Å². The van der Waals surface area contributed by atoms with Crippen molar-refractivity contribution < 1.29 is 14.6 Å². The third-order valence-electron chi connectivity index (χ3n) is 3.37. The summed E-state index contributed by atoms with van der Waals surface area (Å²) >= 11 is 5.95. The van der Waals surface area contributed by atoms with Gasteiger partial charge in [0, 0.05) is 37.7 Å². The third kappa shape index (κ3) is 5.07. The van der Waals surface area contributed by atoms with Crippen LogP contribution >= 0.6 is 11.6 Å². The Morgan fingerprint density at radius 1 is 1.23 bits per heavy atom. The van der Waals surface area contributed by atoms with E-state index in [4.69, 9.17) is 16.3 Å². The molecule has 0 aliphatic carbocycles. The molecule has 0 aromatic heterocycles. The number of nitrogens with zero attached hydrogens (tertiary/aromatic N) is 2. The number of hydrogen-bond donors (Lipinski definition) is 1. The van der Waals surface area contributed by atoms with E-state index in [1.807, 2.05) is 26.8 Å². The standard InChI is InChI=1S/C16H23ClN2O3/c1-16(2,3)22-15(21)19-6-4-18(5-7-19)11-12-8-13(17)10-14(20)9-12/h8-10,20H,4-7,11H2,1-3H3. The van der Waals surface area contributed by atoms with Crippen LogP contribution in [0.2, 0.25) is 5.02 Å². The molecule has 0 bridgehead atoms. The number of rotatable bonds is 2.